The summed E-state index contributed by atoms with van der Waals surface area (Å²) in [6.45, 7) is 7.47. The lowest BCUT2D eigenvalue weighted by molar-refractivity contribution is 0.102. The van der Waals surface area contributed by atoms with Gasteiger partial charge in [-0.05, 0) is 84.9 Å². The van der Waals surface area contributed by atoms with Crippen LogP contribution in [0.4, 0.5) is 28.4 Å². The second kappa shape index (κ2) is 11.1. The Bertz CT molecular complexity index is 1420. The molecule has 36 heavy (non-hydrogen) atoms. The molecule has 0 saturated heterocycles. The molecule has 1 aromatic heterocycles. The van der Waals surface area contributed by atoms with E-state index < -0.39 is 0 Å². The van der Waals surface area contributed by atoms with Gasteiger partial charge in [-0.15, -0.1) is 0 Å². The first-order valence-electron chi connectivity index (χ1n) is 11.5. The number of pyridine rings is 1. The summed E-state index contributed by atoms with van der Waals surface area (Å²) < 4.78 is 0. The van der Waals surface area contributed by atoms with E-state index in [4.69, 9.17) is 0 Å². The molecular weight excluding hydrogens is 446 g/mol. The van der Waals surface area contributed by atoms with E-state index in [-0.39, 0.29) is 5.91 Å². The Morgan fingerprint density at radius 2 is 1.53 bits per heavy atom. The first-order chi connectivity index (χ1) is 17.5. The molecule has 6 heteroatoms. The van der Waals surface area contributed by atoms with Crippen LogP contribution in [-0.4, -0.2) is 25.0 Å². The van der Waals surface area contributed by atoms with Gasteiger partial charge in [0.05, 0.1) is 5.52 Å². The highest BCUT2D eigenvalue weighted by Crippen LogP contribution is 2.28. The van der Waals surface area contributed by atoms with E-state index in [0.717, 1.165) is 39.3 Å². The largest absolute Gasteiger partial charge is 0.378 e. The van der Waals surface area contributed by atoms with Crippen molar-refractivity contribution < 1.29 is 4.79 Å². The Balaban J connectivity index is 1.43. The van der Waals surface area contributed by atoms with Gasteiger partial charge in [-0.3, -0.25) is 9.78 Å². The fourth-order valence-corrected chi connectivity index (χ4v) is 3.68. The van der Waals surface area contributed by atoms with Crippen LogP contribution in [0.5, 0.6) is 0 Å². The Labute approximate surface area is 211 Å². The highest BCUT2D eigenvalue weighted by molar-refractivity contribution is 6.04. The minimum Gasteiger partial charge on any atom is -0.378 e. The number of allylic oxidation sites excluding steroid dienone is 3. The van der Waals surface area contributed by atoms with Crippen molar-refractivity contribution in [2.45, 2.75) is 0 Å². The van der Waals surface area contributed by atoms with Gasteiger partial charge >= 0.3 is 0 Å². The van der Waals surface area contributed by atoms with Crippen LogP contribution in [0.15, 0.2) is 116 Å². The monoisotopic (exact) mass is 475 g/mol. The van der Waals surface area contributed by atoms with Crippen LogP contribution in [0.3, 0.4) is 0 Å². The van der Waals surface area contributed by atoms with E-state index in [0.29, 0.717) is 11.3 Å². The first-order valence-corrected chi connectivity index (χ1v) is 11.5. The summed E-state index contributed by atoms with van der Waals surface area (Å²) in [5, 5.41) is 10.7. The number of nitrogens with zero attached hydrogens (tertiary/aromatic N) is 2. The number of hydrogen-bond acceptors (Lipinski definition) is 5. The zero-order valence-corrected chi connectivity index (χ0v) is 20.5. The van der Waals surface area contributed by atoms with Gasteiger partial charge in [-0.25, -0.2) is 0 Å². The van der Waals surface area contributed by atoms with Crippen molar-refractivity contribution in [2.24, 2.45) is 0 Å². The van der Waals surface area contributed by atoms with Gasteiger partial charge in [-0.1, -0.05) is 19.2 Å². The number of carbonyl (C=O) groups excluding carboxylic acids is 1. The topological polar surface area (TPSA) is 69.3 Å². The van der Waals surface area contributed by atoms with Crippen molar-refractivity contribution in [2.75, 3.05) is 34.9 Å². The fraction of sp³-hybridized carbons (Fsp3) is 0.0667. The molecule has 4 rings (SSSR count). The molecule has 3 N–H and O–H groups in total. The average Bonchev–Trinajstić information content (AvgIpc) is 2.89. The molecule has 0 atom stereocenters. The number of carbonyl (C=O) groups is 1. The molecule has 1 amide bonds. The molecular formula is C30H29N5O. The van der Waals surface area contributed by atoms with E-state index in [9.17, 15) is 4.79 Å². The quantitative estimate of drug-likeness (QED) is 0.228. The van der Waals surface area contributed by atoms with Crippen molar-refractivity contribution in [3.63, 3.8) is 0 Å². The Kier molecular flexibility index (Phi) is 7.46. The molecule has 0 radical (unpaired) electrons. The van der Waals surface area contributed by atoms with E-state index in [1.54, 1.807) is 30.5 Å². The Hall–Kier alpha value is -4.84. The smallest absolute Gasteiger partial charge is 0.255 e. The van der Waals surface area contributed by atoms with Crippen molar-refractivity contribution in [1.82, 2.24) is 4.98 Å². The maximum Gasteiger partial charge on any atom is 0.255 e. The molecule has 180 valence electrons. The second-order valence-electron chi connectivity index (χ2n) is 8.38. The highest BCUT2D eigenvalue weighted by atomic mass is 16.1. The number of nitrogens with one attached hydrogen (secondary N) is 3. The summed E-state index contributed by atoms with van der Waals surface area (Å²) in [7, 11) is 4.03. The number of rotatable bonds is 9. The second-order valence-corrected chi connectivity index (χ2v) is 8.38. The number of hydrogen-bond donors (Lipinski definition) is 3. The SMILES string of the molecule is C=C/C=C(\C=C)Nc1ccc(NC(=O)c2ccc(Nc3ccnc4ccc(N(C)C)cc34)cc2)cc1. The number of anilines is 5. The number of amides is 1. The molecule has 0 unspecified atom stereocenters. The van der Waals surface area contributed by atoms with Crippen LogP contribution in [0, 0.1) is 0 Å². The van der Waals surface area contributed by atoms with Crippen LogP contribution < -0.4 is 20.9 Å². The molecule has 0 fully saturated rings. The molecule has 0 aliphatic heterocycles. The van der Waals surface area contributed by atoms with E-state index in [1.165, 1.54) is 0 Å². The third-order valence-corrected chi connectivity index (χ3v) is 5.62. The van der Waals surface area contributed by atoms with E-state index >= 15 is 0 Å². The standard InChI is InChI=1S/C30H29N5O/c1-5-7-22(6-2)32-23-12-14-25(15-13-23)34-30(36)21-8-10-24(11-9-21)33-29-18-19-31-28-17-16-26(35(3)4)20-27(28)29/h5-20,32H,1-2H2,3-4H3,(H,31,33)(H,34,36)/b22-7+. The van der Waals surface area contributed by atoms with E-state index in [2.05, 4.69) is 51.1 Å². The first kappa shape index (κ1) is 24.3. The highest BCUT2D eigenvalue weighted by Gasteiger charge is 2.08. The average molecular weight is 476 g/mol. The number of benzene rings is 3. The lowest BCUT2D eigenvalue weighted by Crippen LogP contribution is -2.11. The van der Waals surface area contributed by atoms with Crippen LogP contribution in [0.1, 0.15) is 10.4 Å². The summed E-state index contributed by atoms with van der Waals surface area (Å²) in [6, 6.07) is 23.0. The Morgan fingerprint density at radius 1 is 0.861 bits per heavy atom. The third-order valence-electron chi connectivity index (χ3n) is 5.62. The molecule has 0 spiro atoms. The predicted molar refractivity (Wildman–Crippen MR) is 152 cm³/mol. The zero-order valence-electron chi connectivity index (χ0n) is 20.5. The summed E-state index contributed by atoms with van der Waals surface area (Å²) in [5.74, 6) is -0.175. The summed E-state index contributed by atoms with van der Waals surface area (Å²) >= 11 is 0. The lowest BCUT2D eigenvalue weighted by Gasteiger charge is -2.15. The minimum absolute atomic E-state index is 0.175. The van der Waals surface area contributed by atoms with Crippen molar-refractivity contribution in [3.8, 4) is 0 Å². The summed E-state index contributed by atoms with van der Waals surface area (Å²) in [4.78, 5) is 19.3. The molecule has 0 bridgehead atoms. The van der Waals surface area contributed by atoms with Gasteiger partial charge in [0.25, 0.3) is 5.91 Å². The maximum atomic E-state index is 12.8. The lowest BCUT2D eigenvalue weighted by atomic mass is 10.1. The molecule has 3 aromatic carbocycles. The van der Waals surface area contributed by atoms with E-state index in [1.807, 2.05) is 68.7 Å². The van der Waals surface area contributed by atoms with Crippen molar-refractivity contribution in [1.29, 1.82) is 0 Å². The van der Waals surface area contributed by atoms with Gasteiger partial charge in [0.1, 0.15) is 0 Å². The van der Waals surface area contributed by atoms with Gasteiger partial charge < -0.3 is 20.9 Å². The van der Waals surface area contributed by atoms with Crippen molar-refractivity contribution >= 4 is 45.2 Å². The van der Waals surface area contributed by atoms with Crippen LogP contribution in [0.2, 0.25) is 0 Å². The molecule has 4 aromatic rings. The molecule has 6 nitrogen and oxygen atoms in total. The van der Waals surface area contributed by atoms with Gasteiger partial charge in [-0.2, -0.15) is 0 Å². The van der Waals surface area contributed by atoms with Crippen LogP contribution in [-0.2, 0) is 0 Å². The van der Waals surface area contributed by atoms with Gasteiger partial charge in [0.2, 0.25) is 0 Å². The normalized spacial score (nSPS) is 11.0. The summed E-state index contributed by atoms with van der Waals surface area (Å²) in [5.41, 5.74) is 6.86. The molecule has 1 heterocycles. The van der Waals surface area contributed by atoms with Crippen LogP contribution >= 0.6 is 0 Å². The van der Waals surface area contributed by atoms with Crippen LogP contribution in [0.25, 0.3) is 10.9 Å². The third kappa shape index (κ3) is 5.80. The van der Waals surface area contributed by atoms with Crippen molar-refractivity contribution in [3.05, 3.63) is 122 Å². The minimum atomic E-state index is -0.175. The predicted octanol–water partition coefficient (Wildman–Crippen LogP) is 6.96. The number of fused-ring (bicyclic) bond motifs is 1. The zero-order chi connectivity index (χ0) is 25.5. The number of aromatic nitrogens is 1. The molecule has 0 saturated carbocycles. The Morgan fingerprint density at radius 3 is 2.17 bits per heavy atom. The van der Waals surface area contributed by atoms with Gasteiger partial charge in [0, 0.05) is 65.4 Å². The fourth-order valence-electron chi connectivity index (χ4n) is 3.68. The molecule has 0 aliphatic carbocycles. The maximum absolute atomic E-state index is 12.8. The van der Waals surface area contributed by atoms with Gasteiger partial charge in [0.15, 0.2) is 0 Å². The summed E-state index contributed by atoms with van der Waals surface area (Å²) in [6.07, 6.45) is 7.03. The molecule has 0 aliphatic rings.